The molecule has 6 nitrogen and oxygen atoms in total. The number of nitrogens with one attached hydrogen (secondary N) is 1. The highest BCUT2D eigenvalue weighted by Crippen LogP contribution is 2.04. The van der Waals surface area contributed by atoms with Gasteiger partial charge in [-0.3, -0.25) is 4.68 Å². The Hall–Kier alpha value is -1.50. The summed E-state index contributed by atoms with van der Waals surface area (Å²) in [6.07, 6.45) is 0.459. The molecule has 1 N–H and O–H groups in total. The number of H-pyrrole nitrogens is 1. The minimum Gasteiger partial charge on any atom is -0.414 e. The zero-order valence-corrected chi connectivity index (χ0v) is 9.34. The van der Waals surface area contributed by atoms with E-state index < -0.39 is 0 Å². The second kappa shape index (κ2) is 3.93. The molecule has 0 aliphatic carbocycles. The molecule has 2 aromatic heterocycles. The maximum atomic E-state index is 5.13. The van der Waals surface area contributed by atoms with Gasteiger partial charge in [0, 0.05) is 6.54 Å². The quantitative estimate of drug-likeness (QED) is 0.796. The van der Waals surface area contributed by atoms with Crippen LogP contribution in [0.3, 0.4) is 0 Å². The van der Waals surface area contributed by atoms with Crippen LogP contribution in [0.2, 0.25) is 0 Å². The Morgan fingerprint density at radius 3 is 2.87 bits per heavy atom. The zero-order chi connectivity index (χ0) is 10.8. The third kappa shape index (κ3) is 2.12. The Labute approximate surface area is 91.3 Å². The van der Waals surface area contributed by atoms with Crippen molar-refractivity contribution in [2.75, 3.05) is 0 Å². The van der Waals surface area contributed by atoms with E-state index in [1.54, 1.807) is 0 Å². The molecule has 2 aromatic rings. The molecule has 2 rings (SSSR count). The van der Waals surface area contributed by atoms with Crippen molar-refractivity contribution in [3.05, 3.63) is 22.4 Å². The molecule has 0 saturated heterocycles. The Morgan fingerprint density at radius 2 is 2.33 bits per heavy atom. The van der Waals surface area contributed by atoms with E-state index in [-0.39, 0.29) is 4.84 Å². The molecule has 0 amide bonds. The first-order chi connectivity index (χ1) is 7.19. The molecule has 0 unspecified atom stereocenters. The van der Waals surface area contributed by atoms with Crippen LogP contribution in [-0.4, -0.2) is 25.0 Å². The van der Waals surface area contributed by atoms with E-state index >= 15 is 0 Å². The molecule has 2 heterocycles. The smallest absolute Gasteiger partial charge is 0.284 e. The standard InChI is InChI=1S/C8H11N5OS/c1-3-13-5(2)9-6(12-13)4-7-10-11-8(15)14-7/h3-4H2,1-2H3,(H,11,15). The fraction of sp³-hybridized carbons (Fsp3) is 0.500. The molecular formula is C8H11N5OS. The summed E-state index contributed by atoms with van der Waals surface area (Å²) in [6.45, 7) is 4.74. The zero-order valence-electron chi connectivity index (χ0n) is 8.52. The van der Waals surface area contributed by atoms with E-state index in [0.29, 0.717) is 18.1 Å². The topological polar surface area (TPSA) is 72.5 Å². The van der Waals surface area contributed by atoms with Crippen LogP contribution in [0, 0.1) is 11.8 Å². The first kappa shape index (κ1) is 10.0. The van der Waals surface area contributed by atoms with Gasteiger partial charge in [-0.25, -0.2) is 10.1 Å². The van der Waals surface area contributed by atoms with E-state index in [4.69, 9.17) is 16.6 Å². The number of aromatic amines is 1. The van der Waals surface area contributed by atoms with Gasteiger partial charge in [-0.05, 0) is 26.1 Å². The third-order valence-corrected chi connectivity index (χ3v) is 2.17. The molecule has 80 valence electrons. The monoisotopic (exact) mass is 225 g/mol. The third-order valence-electron chi connectivity index (χ3n) is 1.99. The van der Waals surface area contributed by atoms with Gasteiger partial charge in [-0.2, -0.15) is 5.10 Å². The van der Waals surface area contributed by atoms with Crippen molar-refractivity contribution < 1.29 is 4.42 Å². The number of aryl methyl sites for hydroxylation is 2. The van der Waals surface area contributed by atoms with Gasteiger partial charge in [-0.1, -0.05) is 0 Å². The van der Waals surface area contributed by atoms with Crippen molar-refractivity contribution in [3.8, 4) is 0 Å². The van der Waals surface area contributed by atoms with Crippen LogP contribution in [0.4, 0.5) is 0 Å². The summed E-state index contributed by atoms with van der Waals surface area (Å²) in [4.78, 5) is 4.56. The highest BCUT2D eigenvalue weighted by Gasteiger charge is 2.08. The summed E-state index contributed by atoms with van der Waals surface area (Å²) in [5, 5.41) is 10.7. The molecule has 0 aromatic carbocycles. The van der Waals surface area contributed by atoms with Crippen molar-refractivity contribution >= 4 is 12.2 Å². The lowest BCUT2D eigenvalue weighted by molar-refractivity contribution is 0.487. The summed E-state index contributed by atoms with van der Waals surface area (Å²) < 4.78 is 6.96. The highest BCUT2D eigenvalue weighted by atomic mass is 32.1. The molecule has 0 radical (unpaired) electrons. The maximum Gasteiger partial charge on any atom is 0.284 e. The van der Waals surface area contributed by atoms with Gasteiger partial charge in [0.05, 0.1) is 6.42 Å². The van der Waals surface area contributed by atoms with Crippen molar-refractivity contribution in [3.63, 3.8) is 0 Å². The van der Waals surface area contributed by atoms with E-state index in [0.717, 1.165) is 12.4 Å². The second-order valence-corrected chi connectivity index (χ2v) is 3.45. The highest BCUT2D eigenvalue weighted by molar-refractivity contribution is 7.71. The van der Waals surface area contributed by atoms with E-state index in [2.05, 4.69) is 20.3 Å². The van der Waals surface area contributed by atoms with Gasteiger partial charge in [0.15, 0.2) is 5.82 Å². The van der Waals surface area contributed by atoms with E-state index in [1.807, 2.05) is 18.5 Å². The number of nitrogens with zero attached hydrogens (tertiary/aromatic N) is 4. The fourth-order valence-electron chi connectivity index (χ4n) is 1.32. The van der Waals surface area contributed by atoms with Crippen LogP contribution < -0.4 is 0 Å². The first-order valence-electron chi connectivity index (χ1n) is 4.63. The number of rotatable bonds is 3. The minimum absolute atomic E-state index is 0.275. The average molecular weight is 225 g/mol. The predicted molar refractivity (Wildman–Crippen MR) is 54.9 cm³/mol. The van der Waals surface area contributed by atoms with Gasteiger partial charge in [0.2, 0.25) is 5.89 Å². The van der Waals surface area contributed by atoms with Crippen molar-refractivity contribution in [2.45, 2.75) is 26.8 Å². The lowest BCUT2D eigenvalue weighted by Gasteiger charge is -1.93. The van der Waals surface area contributed by atoms with Crippen molar-refractivity contribution in [1.29, 1.82) is 0 Å². The lowest BCUT2D eigenvalue weighted by atomic mass is 10.4. The molecule has 0 aliphatic heterocycles. The van der Waals surface area contributed by atoms with Gasteiger partial charge < -0.3 is 4.42 Å². The maximum absolute atomic E-state index is 5.13. The molecule has 0 fully saturated rings. The predicted octanol–water partition coefficient (Wildman–Crippen LogP) is 1.24. The summed E-state index contributed by atoms with van der Waals surface area (Å²) >= 11 is 4.77. The summed E-state index contributed by atoms with van der Waals surface area (Å²) in [5.74, 6) is 2.09. The second-order valence-electron chi connectivity index (χ2n) is 3.07. The summed E-state index contributed by atoms with van der Waals surface area (Å²) in [5.41, 5.74) is 0. The van der Waals surface area contributed by atoms with Gasteiger partial charge >= 0.3 is 0 Å². The molecule has 0 atom stereocenters. The summed E-state index contributed by atoms with van der Waals surface area (Å²) in [6, 6.07) is 0. The first-order valence-corrected chi connectivity index (χ1v) is 5.04. The Balaban J connectivity index is 2.20. The number of hydrogen-bond donors (Lipinski definition) is 1. The van der Waals surface area contributed by atoms with Crippen LogP contribution in [-0.2, 0) is 13.0 Å². The van der Waals surface area contributed by atoms with Gasteiger partial charge in [-0.15, -0.1) is 5.10 Å². The van der Waals surface area contributed by atoms with Crippen molar-refractivity contribution in [1.82, 2.24) is 25.0 Å². The SMILES string of the molecule is CCn1nc(Cc2n[nH]c(=S)o2)nc1C. The minimum atomic E-state index is 0.275. The number of hydrogen-bond acceptors (Lipinski definition) is 5. The Kier molecular flexibility index (Phi) is 2.63. The van der Waals surface area contributed by atoms with Gasteiger partial charge in [0.25, 0.3) is 4.84 Å². The van der Waals surface area contributed by atoms with E-state index in [9.17, 15) is 0 Å². The molecule has 15 heavy (non-hydrogen) atoms. The van der Waals surface area contributed by atoms with Crippen LogP contribution in [0.5, 0.6) is 0 Å². The van der Waals surface area contributed by atoms with Crippen molar-refractivity contribution in [2.24, 2.45) is 0 Å². The Morgan fingerprint density at radius 1 is 1.53 bits per heavy atom. The normalized spacial score (nSPS) is 10.8. The average Bonchev–Trinajstić information content (AvgIpc) is 2.73. The molecular weight excluding hydrogens is 214 g/mol. The summed E-state index contributed by atoms with van der Waals surface area (Å²) in [7, 11) is 0. The number of aromatic nitrogens is 5. The van der Waals surface area contributed by atoms with Crippen LogP contribution >= 0.6 is 12.2 Å². The molecule has 0 spiro atoms. The van der Waals surface area contributed by atoms with Gasteiger partial charge in [0.1, 0.15) is 5.82 Å². The van der Waals surface area contributed by atoms with Crippen LogP contribution in [0.25, 0.3) is 0 Å². The molecule has 0 aliphatic rings. The van der Waals surface area contributed by atoms with Crippen LogP contribution in [0.15, 0.2) is 4.42 Å². The lowest BCUT2D eigenvalue weighted by Crippen LogP contribution is -1.99. The van der Waals surface area contributed by atoms with Crippen LogP contribution in [0.1, 0.15) is 24.5 Å². The largest absolute Gasteiger partial charge is 0.414 e. The molecule has 0 saturated carbocycles. The van der Waals surface area contributed by atoms with E-state index in [1.165, 1.54) is 0 Å². The molecule has 7 heteroatoms. The molecule has 0 bridgehead atoms. The Bertz CT molecular complexity index is 511. The fourth-order valence-corrected chi connectivity index (χ4v) is 1.47.